The van der Waals surface area contributed by atoms with Crippen molar-refractivity contribution in [3.8, 4) is 11.4 Å². The van der Waals surface area contributed by atoms with Crippen LogP contribution in [-0.4, -0.2) is 75.1 Å². The van der Waals surface area contributed by atoms with Gasteiger partial charge < -0.3 is 9.22 Å². The monoisotopic (exact) mass is 723 g/mol. The van der Waals surface area contributed by atoms with Crippen LogP contribution in [-0.2, 0) is 21.2 Å². The molecule has 7 nitrogen and oxygen atoms in total. The Morgan fingerprint density at radius 2 is 1.62 bits per heavy atom. The number of sulfonamides is 1. The molecule has 0 bridgehead atoms. The number of unbranched alkanes of at least 4 members (excludes halogenated alkanes) is 2. The lowest BCUT2D eigenvalue weighted by molar-refractivity contribution is -0.870. The standard InChI is InChI=1S/C35H43ClF3N4O3S2/c1-35(2,24-11-16-29(36)32(19-24)46-7)33-22-40-34(42(33)26-14-12-25(37)13-15-26)47-23-28-30(38)20-27(21-31(28)39)48(44,45)41(3)17-9-8-10-18-43(4,5)6/h11-16,19-22H,8-10,17-18,23H2,1-7H3/q+1. The molecule has 3 aromatic carbocycles. The highest BCUT2D eigenvalue weighted by molar-refractivity contribution is 7.98. The lowest BCUT2D eigenvalue weighted by Gasteiger charge is -2.28. The Hall–Kier alpha value is -3.03. The number of quaternary nitrogens is 1. The van der Waals surface area contributed by atoms with Gasteiger partial charge in [-0.15, -0.1) is 0 Å². The van der Waals surface area contributed by atoms with Gasteiger partial charge in [-0.05, 0) is 73.4 Å². The van der Waals surface area contributed by atoms with Crippen molar-refractivity contribution in [1.29, 1.82) is 0 Å². The van der Waals surface area contributed by atoms with Crippen molar-refractivity contribution in [2.24, 2.45) is 0 Å². The maximum Gasteiger partial charge on any atom is 0.243 e. The van der Waals surface area contributed by atoms with Gasteiger partial charge in [-0.1, -0.05) is 43.3 Å². The van der Waals surface area contributed by atoms with Crippen molar-refractivity contribution >= 4 is 33.4 Å². The van der Waals surface area contributed by atoms with Gasteiger partial charge in [-0.25, -0.2) is 30.9 Å². The minimum Gasteiger partial charge on any atom is -0.495 e. The summed E-state index contributed by atoms with van der Waals surface area (Å²) in [7, 11) is 5.15. The normalized spacial score (nSPS) is 12.6. The number of halogens is 4. The van der Waals surface area contributed by atoms with E-state index in [1.807, 2.05) is 30.5 Å². The van der Waals surface area contributed by atoms with Crippen molar-refractivity contribution in [2.45, 2.75) is 54.3 Å². The number of imidazole rings is 1. The summed E-state index contributed by atoms with van der Waals surface area (Å²) in [6, 6.07) is 13.1. The predicted octanol–water partition coefficient (Wildman–Crippen LogP) is 8.07. The molecule has 48 heavy (non-hydrogen) atoms. The summed E-state index contributed by atoms with van der Waals surface area (Å²) >= 11 is 7.36. The Morgan fingerprint density at radius 3 is 2.23 bits per heavy atom. The average molecular weight is 724 g/mol. The summed E-state index contributed by atoms with van der Waals surface area (Å²) in [6.45, 7) is 5.19. The first-order chi connectivity index (χ1) is 22.5. The minimum atomic E-state index is -4.10. The smallest absolute Gasteiger partial charge is 0.243 e. The van der Waals surface area contributed by atoms with E-state index < -0.39 is 37.8 Å². The Balaban J connectivity index is 1.59. The second-order valence-electron chi connectivity index (χ2n) is 13.3. The molecule has 0 fully saturated rings. The molecule has 260 valence electrons. The molecule has 4 aromatic rings. The van der Waals surface area contributed by atoms with Gasteiger partial charge in [0.1, 0.15) is 23.2 Å². The summed E-state index contributed by atoms with van der Waals surface area (Å²) < 4.78 is 80.3. The number of hydrogen-bond donors (Lipinski definition) is 0. The number of aromatic nitrogens is 2. The van der Waals surface area contributed by atoms with Crippen LogP contribution in [0.3, 0.4) is 0 Å². The van der Waals surface area contributed by atoms with Crippen LogP contribution in [0.1, 0.15) is 49.9 Å². The maximum absolute atomic E-state index is 15.4. The summed E-state index contributed by atoms with van der Waals surface area (Å²) in [5.74, 6) is -2.02. The van der Waals surface area contributed by atoms with Gasteiger partial charge >= 0.3 is 0 Å². The SMILES string of the molecule is COc1cc(C(C)(C)c2cnc(SCc3c(F)cc(S(=O)(=O)N(C)CCCCC[N+](C)(C)C)cc3F)n2-c2ccc(F)cc2)ccc1Cl. The molecule has 0 saturated carbocycles. The van der Waals surface area contributed by atoms with E-state index >= 15 is 8.78 Å². The minimum absolute atomic E-state index is 0.174. The highest BCUT2D eigenvalue weighted by atomic mass is 35.5. The molecule has 0 aliphatic heterocycles. The first-order valence-corrected chi connectivity index (χ1v) is 18.3. The van der Waals surface area contributed by atoms with Crippen molar-refractivity contribution in [3.05, 3.63) is 100 Å². The molecule has 13 heteroatoms. The lowest BCUT2D eigenvalue weighted by atomic mass is 9.81. The third kappa shape index (κ3) is 8.76. The van der Waals surface area contributed by atoms with Gasteiger partial charge in [-0.2, -0.15) is 0 Å². The van der Waals surface area contributed by atoms with Crippen LogP contribution in [0.15, 0.2) is 70.8 Å². The first kappa shape index (κ1) is 37.8. The molecule has 0 unspecified atom stereocenters. The molecular formula is C35H43ClF3N4O3S2+. The van der Waals surface area contributed by atoms with Crippen molar-refractivity contribution < 1.29 is 30.8 Å². The number of hydrogen-bond acceptors (Lipinski definition) is 5. The zero-order chi connectivity index (χ0) is 35.4. The molecular weight excluding hydrogens is 681 g/mol. The van der Waals surface area contributed by atoms with E-state index in [4.69, 9.17) is 16.3 Å². The van der Waals surface area contributed by atoms with E-state index in [1.165, 1.54) is 26.3 Å². The molecule has 0 spiro atoms. The molecule has 0 atom stereocenters. The third-order valence-corrected chi connectivity index (χ3v) is 11.4. The van der Waals surface area contributed by atoms with E-state index in [0.29, 0.717) is 28.0 Å². The Kier molecular flexibility index (Phi) is 12.0. The van der Waals surface area contributed by atoms with Gasteiger partial charge in [0.25, 0.3) is 0 Å². The molecule has 0 aliphatic carbocycles. The fourth-order valence-electron chi connectivity index (χ4n) is 5.31. The molecule has 1 heterocycles. The second kappa shape index (κ2) is 15.2. The molecule has 4 rings (SSSR count). The fraction of sp³-hybridized carbons (Fsp3) is 0.400. The van der Waals surface area contributed by atoms with E-state index in [9.17, 15) is 12.8 Å². The molecule has 0 radical (unpaired) electrons. The zero-order valence-electron chi connectivity index (χ0n) is 28.4. The number of benzene rings is 3. The largest absolute Gasteiger partial charge is 0.495 e. The van der Waals surface area contributed by atoms with Crippen LogP contribution in [0.5, 0.6) is 5.75 Å². The van der Waals surface area contributed by atoms with Gasteiger partial charge in [0.05, 0.1) is 56.6 Å². The summed E-state index contributed by atoms with van der Waals surface area (Å²) in [4.78, 5) is 4.17. The van der Waals surface area contributed by atoms with E-state index in [-0.39, 0.29) is 17.9 Å². The van der Waals surface area contributed by atoms with Crippen LogP contribution in [0, 0.1) is 17.5 Å². The summed E-state index contributed by atoms with van der Waals surface area (Å²) in [5.41, 5.74) is 1.25. The quantitative estimate of drug-likeness (QED) is 0.0706. The lowest BCUT2D eigenvalue weighted by Crippen LogP contribution is -2.35. The zero-order valence-corrected chi connectivity index (χ0v) is 30.7. The second-order valence-corrected chi connectivity index (χ2v) is 16.7. The number of ether oxygens (including phenoxy) is 1. The number of rotatable bonds is 15. The van der Waals surface area contributed by atoms with E-state index in [1.54, 1.807) is 24.4 Å². The maximum atomic E-state index is 15.4. The molecule has 0 saturated heterocycles. The molecule has 0 amide bonds. The van der Waals surface area contributed by atoms with Crippen molar-refractivity contribution in [1.82, 2.24) is 13.9 Å². The van der Waals surface area contributed by atoms with E-state index in [0.717, 1.165) is 63.3 Å². The first-order valence-electron chi connectivity index (χ1n) is 15.5. The fourth-order valence-corrected chi connectivity index (χ4v) is 7.75. The number of nitrogens with zero attached hydrogens (tertiary/aromatic N) is 4. The van der Waals surface area contributed by atoms with Gasteiger partial charge in [-0.3, -0.25) is 4.57 Å². The number of methoxy groups -OCH3 is 1. The van der Waals surface area contributed by atoms with Crippen molar-refractivity contribution in [3.63, 3.8) is 0 Å². The Morgan fingerprint density at radius 1 is 0.979 bits per heavy atom. The highest BCUT2D eigenvalue weighted by Crippen LogP contribution is 2.39. The Labute approximate surface area is 291 Å². The van der Waals surface area contributed by atoms with Gasteiger partial charge in [0, 0.05) is 36.0 Å². The van der Waals surface area contributed by atoms with Crippen LogP contribution in [0.4, 0.5) is 13.2 Å². The van der Waals surface area contributed by atoms with Gasteiger partial charge in [0.15, 0.2) is 5.16 Å². The highest BCUT2D eigenvalue weighted by Gasteiger charge is 2.31. The van der Waals surface area contributed by atoms with E-state index in [2.05, 4.69) is 26.1 Å². The van der Waals surface area contributed by atoms with Crippen LogP contribution >= 0.6 is 23.4 Å². The summed E-state index contributed by atoms with van der Waals surface area (Å²) in [5, 5.41) is 0.868. The third-order valence-electron chi connectivity index (χ3n) is 8.30. The van der Waals surface area contributed by atoms with Crippen LogP contribution in [0.2, 0.25) is 5.02 Å². The van der Waals surface area contributed by atoms with Crippen molar-refractivity contribution in [2.75, 3.05) is 48.4 Å². The molecule has 0 N–H and O–H groups in total. The number of thioether (sulfide) groups is 1. The summed E-state index contributed by atoms with van der Waals surface area (Å²) in [6.07, 6.45) is 4.10. The predicted molar refractivity (Wildman–Crippen MR) is 186 cm³/mol. The molecule has 0 aliphatic rings. The Bertz CT molecular complexity index is 1820. The van der Waals surface area contributed by atoms with Crippen LogP contribution in [0.25, 0.3) is 5.69 Å². The molecule has 1 aromatic heterocycles. The average Bonchev–Trinajstić information content (AvgIpc) is 3.45. The van der Waals surface area contributed by atoms with Crippen LogP contribution < -0.4 is 4.74 Å². The topological polar surface area (TPSA) is 64.4 Å². The van der Waals surface area contributed by atoms with Gasteiger partial charge in [0.2, 0.25) is 10.0 Å².